The van der Waals surface area contributed by atoms with E-state index in [1.807, 2.05) is 79.2 Å². The molecule has 0 saturated heterocycles. The van der Waals surface area contributed by atoms with Crippen LogP contribution in [0.15, 0.2) is 78.1 Å². The number of benzene rings is 2. The molecule has 39 heavy (non-hydrogen) atoms. The Morgan fingerprint density at radius 3 is 2.44 bits per heavy atom. The summed E-state index contributed by atoms with van der Waals surface area (Å²) in [4.78, 5) is 31.0. The standard InChI is InChI=1S/C26H24N4O3S.C3H8.C2H6/c1-29-20-11-6-5-10-19(20)23-21(26(29)32)22(33-16-18-8-3-2-4-9-18)24(34-23)25(31)28-12-7-14-30-15-13-27-17-30;1-3-2;1-2/h2-6,8-11,13,15,17H,7,12,14,16H2,1H3,(H,28,31);3H2,1-2H3;1-2H3. The predicted octanol–water partition coefficient (Wildman–Crippen LogP) is 6.79. The van der Waals surface area contributed by atoms with E-state index >= 15 is 0 Å². The lowest BCUT2D eigenvalue weighted by Crippen LogP contribution is -2.25. The minimum absolute atomic E-state index is 0.174. The second-order valence-electron chi connectivity index (χ2n) is 8.74. The number of ether oxygens (including phenoxy) is 1. The lowest BCUT2D eigenvalue weighted by molar-refractivity contribution is 0.0953. The molecule has 1 N–H and O–H groups in total. The second-order valence-corrected chi connectivity index (χ2v) is 9.76. The first-order chi connectivity index (χ1) is 19.0. The average Bonchev–Trinajstić information content (AvgIpc) is 3.63. The number of imidazole rings is 1. The quantitative estimate of drug-likeness (QED) is 0.217. The monoisotopic (exact) mass is 546 g/mol. The van der Waals surface area contributed by atoms with Crippen LogP contribution >= 0.6 is 11.3 Å². The maximum Gasteiger partial charge on any atom is 0.265 e. The number of pyridine rings is 1. The molecule has 0 fully saturated rings. The summed E-state index contributed by atoms with van der Waals surface area (Å²) >= 11 is 1.31. The van der Waals surface area contributed by atoms with Gasteiger partial charge in [0, 0.05) is 37.9 Å². The summed E-state index contributed by atoms with van der Waals surface area (Å²) in [6.07, 6.45) is 7.39. The predicted molar refractivity (Wildman–Crippen MR) is 162 cm³/mol. The molecule has 0 saturated carbocycles. The number of carbonyl (C=O) groups excluding carboxylic acids is 1. The van der Waals surface area contributed by atoms with Crippen molar-refractivity contribution >= 4 is 38.2 Å². The number of nitrogens with one attached hydrogen (secondary N) is 1. The van der Waals surface area contributed by atoms with Gasteiger partial charge in [0.1, 0.15) is 16.9 Å². The molecule has 7 nitrogen and oxygen atoms in total. The van der Waals surface area contributed by atoms with Gasteiger partial charge in [-0.2, -0.15) is 0 Å². The maximum atomic E-state index is 13.4. The molecule has 1 amide bonds. The molecule has 0 aliphatic rings. The molecular weight excluding hydrogens is 508 g/mol. The number of hydrogen-bond donors (Lipinski definition) is 1. The number of thiophene rings is 1. The fourth-order valence-corrected chi connectivity index (χ4v) is 5.20. The Bertz CT molecular complexity index is 1520. The first-order valence-electron chi connectivity index (χ1n) is 13.5. The van der Waals surface area contributed by atoms with Crippen LogP contribution in [0.5, 0.6) is 5.75 Å². The van der Waals surface area contributed by atoms with Gasteiger partial charge >= 0.3 is 0 Å². The minimum Gasteiger partial charge on any atom is -0.486 e. The SMILES string of the molecule is CC.CCC.Cn1c(=O)c2c(OCc3ccccc3)c(C(=O)NCCCn3ccnc3)sc2c2ccccc21. The van der Waals surface area contributed by atoms with Gasteiger partial charge in [0.15, 0.2) is 5.75 Å². The third kappa shape index (κ3) is 7.15. The van der Waals surface area contributed by atoms with Crippen LogP contribution in [0.4, 0.5) is 0 Å². The van der Waals surface area contributed by atoms with E-state index in [4.69, 9.17) is 4.74 Å². The van der Waals surface area contributed by atoms with Crippen molar-refractivity contribution in [3.8, 4) is 5.75 Å². The average molecular weight is 547 g/mol. The largest absolute Gasteiger partial charge is 0.486 e. The summed E-state index contributed by atoms with van der Waals surface area (Å²) in [7, 11) is 1.75. The minimum atomic E-state index is -0.235. The zero-order chi connectivity index (χ0) is 28.2. The zero-order valence-electron chi connectivity index (χ0n) is 23.4. The van der Waals surface area contributed by atoms with Gasteiger partial charge in [-0.3, -0.25) is 9.59 Å². The van der Waals surface area contributed by atoms with Crippen LogP contribution in [0.1, 0.15) is 55.8 Å². The van der Waals surface area contributed by atoms with E-state index in [0.717, 1.165) is 34.1 Å². The van der Waals surface area contributed by atoms with Gasteiger partial charge in [-0.1, -0.05) is 82.6 Å². The van der Waals surface area contributed by atoms with E-state index in [-0.39, 0.29) is 18.1 Å². The van der Waals surface area contributed by atoms with Crippen LogP contribution in [-0.4, -0.2) is 26.6 Å². The summed E-state index contributed by atoms with van der Waals surface area (Å²) < 4.78 is 10.5. The van der Waals surface area contributed by atoms with E-state index in [9.17, 15) is 9.59 Å². The third-order valence-corrected chi connectivity index (χ3v) is 6.97. The van der Waals surface area contributed by atoms with E-state index in [1.165, 1.54) is 17.8 Å². The summed E-state index contributed by atoms with van der Waals surface area (Å²) in [5, 5.41) is 4.37. The normalized spacial score (nSPS) is 10.4. The first kappa shape index (κ1) is 29.6. The highest BCUT2D eigenvalue weighted by molar-refractivity contribution is 7.22. The molecule has 2 aromatic carbocycles. The van der Waals surface area contributed by atoms with Crippen molar-refractivity contribution in [1.29, 1.82) is 0 Å². The molecule has 0 bridgehead atoms. The number of rotatable bonds is 8. The van der Waals surface area contributed by atoms with Gasteiger partial charge < -0.3 is 19.2 Å². The lowest BCUT2D eigenvalue weighted by Gasteiger charge is -2.10. The molecule has 5 aromatic rings. The Morgan fingerprint density at radius 2 is 1.74 bits per heavy atom. The first-order valence-corrected chi connectivity index (χ1v) is 14.3. The van der Waals surface area contributed by atoms with Crippen molar-refractivity contribution < 1.29 is 9.53 Å². The summed E-state index contributed by atoms with van der Waals surface area (Å²) in [6.45, 7) is 9.78. The van der Waals surface area contributed by atoms with Gasteiger partial charge in [0.25, 0.3) is 11.5 Å². The van der Waals surface area contributed by atoms with Gasteiger partial charge in [0.2, 0.25) is 0 Å². The number of aryl methyl sites for hydroxylation is 2. The molecule has 206 valence electrons. The second kappa shape index (κ2) is 14.9. The topological polar surface area (TPSA) is 78.1 Å². The summed E-state index contributed by atoms with van der Waals surface area (Å²) in [5.41, 5.74) is 1.61. The molecule has 5 rings (SSSR count). The molecule has 3 aromatic heterocycles. The number of carbonyl (C=O) groups is 1. The summed E-state index contributed by atoms with van der Waals surface area (Å²) in [5.74, 6) is 0.114. The molecule has 0 radical (unpaired) electrons. The third-order valence-electron chi connectivity index (χ3n) is 5.76. The highest BCUT2D eigenvalue weighted by Gasteiger charge is 2.24. The number of amides is 1. The molecule has 0 spiro atoms. The van der Waals surface area contributed by atoms with Gasteiger partial charge in [0.05, 0.1) is 16.5 Å². The zero-order valence-corrected chi connectivity index (χ0v) is 24.3. The van der Waals surface area contributed by atoms with Crippen LogP contribution in [-0.2, 0) is 20.2 Å². The van der Waals surface area contributed by atoms with Crippen molar-refractivity contribution in [2.75, 3.05) is 6.54 Å². The Morgan fingerprint density at radius 1 is 1.05 bits per heavy atom. The molecule has 3 heterocycles. The fraction of sp³-hybridized carbons (Fsp3) is 0.323. The molecule has 0 aliphatic carbocycles. The molecule has 8 heteroatoms. The van der Waals surface area contributed by atoms with E-state index in [0.29, 0.717) is 22.6 Å². The highest BCUT2D eigenvalue weighted by Crippen LogP contribution is 2.40. The van der Waals surface area contributed by atoms with Gasteiger partial charge in [-0.05, 0) is 18.1 Å². The smallest absolute Gasteiger partial charge is 0.265 e. The summed E-state index contributed by atoms with van der Waals surface area (Å²) in [6, 6.07) is 17.4. The molecule has 0 aliphatic heterocycles. The van der Waals surface area contributed by atoms with Gasteiger partial charge in [-0.25, -0.2) is 4.98 Å². The fourth-order valence-electron chi connectivity index (χ4n) is 4.01. The van der Waals surface area contributed by atoms with Crippen LogP contribution in [0.2, 0.25) is 0 Å². The molecule has 0 atom stereocenters. The lowest BCUT2D eigenvalue weighted by atomic mass is 10.1. The van der Waals surface area contributed by atoms with Crippen molar-refractivity contribution in [3.63, 3.8) is 0 Å². The highest BCUT2D eigenvalue weighted by atomic mass is 32.1. The Balaban J connectivity index is 0.000000787. The van der Waals surface area contributed by atoms with E-state index < -0.39 is 0 Å². The van der Waals surface area contributed by atoms with Crippen molar-refractivity contribution in [2.45, 2.75) is 53.7 Å². The van der Waals surface area contributed by atoms with Crippen LogP contribution in [0.3, 0.4) is 0 Å². The van der Waals surface area contributed by atoms with Crippen molar-refractivity contribution in [1.82, 2.24) is 19.4 Å². The maximum absolute atomic E-state index is 13.4. The molecular formula is C31H38N4O3S. The van der Waals surface area contributed by atoms with Crippen molar-refractivity contribution in [2.24, 2.45) is 7.05 Å². The molecule has 0 unspecified atom stereocenters. The van der Waals surface area contributed by atoms with Crippen LogP contribution in [0, 0.1) is 0 Å². The number of nitrogens with zero attached hydrogens (tertiary/aromatic N) is 3. The number of fused-ring (bicyclic) bond motifs is 3. The number of para-hydroxylation sites is 1. The Labute approximate surface area is 234 Å². The van der Waals surface area contributed by atoms with E-state index in [1.54, 1.807) is 24.1 Å². The Kier molecular flexibility index (Phi) is 11.3. The van der Waals surface area contributed by atoms with E-state index in [2.05, 4.69) is 24.1 Å². The number of hydrogen-bond acceptors (Lipinski definition) is 5. The van der Waals surface area contributed by atoms with Crippen LogP contribution in [0.25, 0.3) is 21.0 Å². The number of aromatic nitrogens is 3. The van der Waals surface area contributed by atoms with Gasteiger partial charge in [-0.15, -0.1) is 11.3 Å². The Hall–Kier alpha value is -3.91. The van der Waals surface area contributed by atoms with Crippen LogP contribution < -0.4 is 15.6 Å². The van der Waals surface area contributed by atoms with Crippen molar-refractivity contribution in [3.05, 3.63) is 94.1 Å².